The van der Waals surface area contributed by atoms with Crippen LogP contribution in [0.3, 0.4) is 0 Å². The van der Waals surface area contributed by atoms with Crippen LogP contribution in [0.25, 0.3) is 0 Å². The van der Waals surface area contributed by atoms with Crippen LogP contribution in [0.2, 0.25) is 0 Å². The van der Waals surface area contributed by atoms with E-state index in [2.05, 4.69) is 0 Å². The van der Waals surface area contributed by atoms with E-state index in [1.165, 1.54) is 0 Å². The Kier molecular flexibility index (Phi) is 3230. The molecule has 0 spiro atoms. The maximum absolute atomic E-state index is 0. The van der Waals surface area contributed by atoms with Gasteiger partial charge in [0.05, 0.1) is 0 Å². The summed E-state index contributed by atoms with van der Waals surface area (Å²) in [6.45, 7) is 0. The third-order valence-corrected chi connectivity index (χ3v) is 0. The summed E-state index contributed by atoms with van der Waals surface area (Å²) in [5.41, 5.74) is 0. The quantitative estimate of drug-likeness (QED) is 0.353. The predicted molar refractivity (Wildman–Crippen MR) is 3.43 cm³/mol. The first kappa shape index (κ1) is 211. The van der Waals surface area contributed by atoms with Gasteiger partial charge >= 0.3 is 118 Å². The van der Waals surface area contributed by atoms with Gasteiger partial charge in [-0.2, -0.15) is 0 Å². The summed E-state index contributed by atoms with van der Waals surface area (Å²) in [6.07, 6.45) is 0. The Hall–Kier alpha value is 3.57. The van der Waals surface area contributed by atoms with Gasteiger partial charge in [-0.1, -0.05) is 0 Å². The van der Waals surface area contributed by atoms with Crippen LogP contribution >= 0.6 is 0 Å². The van der Waals surface area contributed by atoms with Gasteiger partial charge < -0.3 is 27.4 Å². The van der Waals surface area contributed by atoms with E-state index in [4.69, 9.17) is 0 Å². The standard InChI is InChI=1S/2Ag.2Cu.5O.2Zn/q2*+1;2*+2;5*-2;2*+2. The fourth-order valence-electron chi connectivity index (χ4n) is 0. The first-order valence-corrected chi connectivity index (χ1v) is 0. The van der Waals surface area contributed by atoms with Crippen molar-refractivity contribution < 1.29 is 145 Å². The zero-order chi connectivity index (χ0) is 0. The van der Waals surface area contributed by atoms with E-state index in [-0.39, 0.29) is 145 Å². The van der Waals surface area contributed by atoms with Crippen LogP contribution in [-0.4, -0.2) is 0 Å². The van der Waals surface area contributed by atoms with E-state index >= 15 is 0 Å². The van der Waals surface area contributed by atoms with Gasteiger partial charge in [-0.3, -0.25) is 0 Å². The molecule has 78 valence electrons. The molecule has 2 radical (unpaired) electrons. The zero-order valence-electron chi connectivity index (χ0n) is 4.66. The minimum atomic E-state index is 0. The van der Waals surface area contributed by atoms with Crippen molar-refractivity contribution in [1.29, 1.82) is 0 Å². The summed E-state index contributed by atoms with van der Waals surface area (Å²) in [4.78, 5) is 0. The molecular weight excluding hydrogens is 554 g/mol. The second kappa shape index (κ2) is 168. The monoisotopic (exact) mass is 548 g/mol. The van der Waals surface area contributed by atoms with E-state index in [0.29, 0.717) is 0 Å². The summed E-state index contributed by atoms with van der Waals surface area (Å²) in [6, 6.07) is 0. The van der Waals surface area contributed by atoms with Crippen LogP contribution in [0.4, 0.5) is 0 Å². The minimum absolute atomic E-state index is 0. The second-order valence-electron chi connectivity index (χ2n) is 0. The van der Waals surface area contributed by atoms with Gasteiger partial charge in [0, 0.05) is 0 Å². The minimum Gasteiger partial charge on any atom is -2.00 e. The van der Waals surface area contributed by atoms with Gasteiger partial charge in [-0.05, 0) is 0 Å². The summed E-state index contributed by atoms with van der Waals surface area (Å²) in [5, 5.41) is 0. The van der Waals surface area contributed by atoms with Gasteiger partial charge in [0.25, 0.3) is 0 Å². The van der Waals surface area contributed by atoms with Crippen molar-refractivity contribution in [3.8, 4) is 0 Å². The molecule has 0 N–H and O–H groups in total. The topological polar surface area (TPSA) is 142 Å². The van der Waals surface area contributed by atoms with Crippen molar-refractivity contribution in [2.75, 3.05) is 0 Å². The van der Waals surface area contributed by atoms with Crippen LogP contribution < -0.4 is 0 Å². The largest absolute Gasteiger partial charge is 2.00 e. The molecule has 0 saturated carbocycles. The maximum atomic E-state index is 0. The molecule has 0 aliphatic heterocycles. The van der Waals surface area contributed by atoms with E-state index in [1.807, 2.05) is 0 Å². The molecule has 0 unspecified atom stereocenters. The summed E-state index contributed by atoms with van der Waals surface area (Å²) >= 11 is 0. The van der Waals surface area contributed by atoms with Crippen molar-refractivity contribution in [3.05, 3.63) is 0 Å². The molecule has 0 saturated heterocycles. The number of hydrogen-bond donors (Lipinski definition) is 0. The van der Waals surface area contributed by atoms with Gasteiger partial charge in [0.1, 0.15) is 0 Å². The van der Waals surface area contributed by atoms with E-state index in [0.717, 1.165) is 0 Å². The fraction of sp³-hybridized carbons (Fsp3) is 0. The van der Waals surface area contributed by atoms with Crippen molar-refractivity contribution in [3.63, 3.8) is 0 Å². The van der Waals surface area contributed by atoms with E-state index < -0.39 is 0 Å². The molecule has 0 fully saturated rings. The molecule has 0 aromatic carbocycles. The predicted octanol–water partition coefficient (Wildman–Crippen LogP) is -0.609. The van der Waals surface area contributed by atoms with Crippen molar-refractivity contribution in [1.82, 2.24) is 0 Å². The summed E-state index contributed by atoms with van der Waals surface area (Å²) in [7, 11) is 0. The normalized spacial score (nSPS) is 0. The van der Waals surface area contributed by atoms with Gasteiger partial charge in [-0.25, -0.2) is 0 Å². The van der Waals surface area contributed by atoms with Crippen molar-refractivity contribution in [2.45, 2.75) is 0 Å². The molecule has 0 aliphatic carbocycles. The van der Waals surface area contributed by atoms with Gasteiger partial charge in [0.15, 0.2) is 0 Å². The number of hydrogen-bond acceptors (Lipinski definition) is 0. The molecule has 0 heterocycles. The summed E-state index contributed by atoms with van der Waals surface area (Å²) < 4.78 is 0. The fourth-order valence-corrected chi connectivity index (χ4v) is 0. The van der Waals surface area contributed by atoms with Crippen molar-refractivity contribution >= 4 is 0 Å². The molecule has 0 atom stereocenters. The van der Waals surface area contributed by atoms with Crippen LogP contribution in [0.15, 0.2) is 0 Å². The molecular formula is Ag2Cu2O5Zn2. The molecule has 0 aliphatic rings. The van der Waals surface area contributed by atoms with Gasteiger partial charge in [0.2, 0.25) is 0 Å². The van der Waals surface area contributed by atoms with E-state index in [1.54, 1.807) is 0 Å². The molecule has 11 heteroatoms. The van der Waals surface area contributed by atoms with Crippen LogP contribution in [0.5, 0.6) is 0 Å². The Bertz CT molecular complexity index is 20.4. The molecule has 0 aromatic heterocycles. The van der Waals surface area contributed by atoms with E-state index in [9.17, 15) is 0 Å². The Morgan fingerprint density at radius 1 is 0.364 bits per heavy atom. The van der Waals surface area contributed by atoms with Crippen molar-refractivity contribution in [2.24, 2.45) is 0 Å². The Balaban J connectivity index is 0. The van der Waals surface area contributed by atoms with Crippen LogP contribution in [0.1, 0.15) is 0 Å². The molecule has 11 heavy (non-hydrogen) atoms. The van der Waals surface area contributed by atoms with Crippen LogP contribution in [-0.2, 0) is 145 Å². The molecule has 0 rings (SSSR count). The zero-order valence-corrected chi connectivity index (χ0v) is 15.4. The maximum Gasteiger partial charge on any atom is 2.00 e. The molecule has 0 amide bonds. The Labute approximate surface area is 143 Å². The van der Waals surface area contributed by atoms with Gasteiger partial charge in [-0.15, -0.1) is 0 Å². The second-order valence-corrected chi connectivity index (χ2v) is 0. The first-order valence-electron chi connectivity index (χ1n) is 0. The first-order chi connectivity index (χ1) is 0. The molecule has 0 aromatic rings. The third-order valence-electron chi connectivity index (χ3n) is 0. The average molecular weight is 554 g/mol. The Morgan fingerprint density at radius 2 is 0.364 bits per heavy atom. The van der Waals surface area contributed by atoms with Crippen LogP contribution in [0, 0.1) is 0 Å². The third kappa shape index (κ3) is 143. The molecule has 5 nitrogen and oxygen atoms in total. The average Bonchev–Trinajstić information content (AvgIpc) is 0. The Morgan fingerprint density at radius 3 is 0.364 bits per heavy atom. The smallest absolute Gasteiger partial charge is 2.00 e. The SMILES string of the molecule is [Ag+].[Ag+].[Cu+2].[Cu+2].[O-2].[O-2].[O-2].[O-2].[O-2].[Zn+2].[Zn+2]. The molecule has 0 bridgehead atoms. The number of rotatable bonds is 0. The summed E-state index contributed by atoms with van der Waals surface area (Å²) in [5.74, 6) is 0.